The third-order valence-electron chi connectivity index (χ3n) is 3.74. The molecule has 1 fully saturated rings. The van der Waals surface area contributed by atoms with Crippen LogP contribution in [0.2, 0.25) is 5.02 Å². The van der Waals surface area contributed by atoms with Crippen molar-refractivity contribution >= 4 is 23.5 Å². The highest BCUT2D eigenvalue weighted by Gasteiger charge is 2.17. The Labute approximate surface area is 143 Å². The summed E-state index contributed by atoms with van der Waals surface area (Å²) in [7, 11) is 0. The van der Waals surface area contributed by atoms with Gasteiger partial charge < -0.3 is 15.5 Å². The molecule has 1 aromatic rings. The second-order valence-electron chi connectivity index (χ2n) is 5.59. The molecule has 0 aromatic heterocycles. The number of carbonyl (C=O) groups excluding carboxylic acids is 1. The van der Waals surface area contributed by atoms with Gasteiger partial charge in [-0.05, 0) is 37.5 Å². The molecule has 0 radical (unpaired) electrons. The normalized spacial score (nSPS) is 14.9. The maximum absolute atomic E-state index is 12.0. The number of likely N-dealkylation sites (tertiary alicyclic amines) is 1. The van der Waals surface area contributed by atoms with Crippen LogP contribution in [-0.4, -0.2) is 42.9 Å². The highest BCUT2D eigenvalue weighted by molar-refractivity contribution is 6.30. The first-order valence-electron chi connectivity index (χ1n) is 8.23. The first-order valence-corrected chi connectivity index (χ1v) is 8.61. The van der Waals surface area contributed by atoms with Crippen LogP contribution >= 0.6 is 11.6 Å². The fourth-order valence-electron chi connectivity index (χ4n) is 2.56. The average molecular weight is 337 g/mol. The molecule has 0 spiro atoms. The van der Waals surface area contributed by atoms with Crippen molar-refractivity contribution in [2.45, 2.75) is 32.7 Å². The lowest BCUT2D eigenvalue weighted by atomic mass is 10.2. The zero-order chi connectivity index (χ0) is 16.5. The Hall–Kier alpha value is -1.75. The fourth-order valence-corrected chi connectivity index (χ4v) is 2.77. The summed E-state index contributed by atoms with van der Waals surface area (Å²) >= 11 is 5.98. The van der Waals surface area contributed by atoms with E-state index >= 15 is 0 Å². The van der Waals surface area contributed by atoms with Crippen molar-refractivity contribution in [3.05, 3.63) is 34.9 Å². The lowest BCUT2D eigenvalue weighted by molar-refractivity contribution is -0.129. The number of nitrogens with one attached hydrogen (secondary N) is 2. The van der Waals surface area contributed by atoms with Gasteiger partial charge in [0, 0.05) is 37.6 Å². The van der Waals surface area contributed by atoms with Crippen LogP contribution in [0, 0.1) is 0 Å². The lowest BCUT2D eigenvalue weighted by Gasteiger charge is -2.16. The standard InChI is InChI=1S/C17H25ClN4O/c1-2-19-17(21-13-14-6-5-7-15(18)12-14)20-9-8-16(23)22-10-3-4-11-22/h5-7,12H,2-4,8-11,13H2,1H3,(H2,19,20,21). The Bertz CT molecular complexity index is 541. The molecule has 2 N–H and O–H groups in total. The van der Waals surface area contributed by atoms with Crippen LogP contribution < -0.4 is 10.6 Å². The molecule has 0 unspecified atom stereocenters. The van der Waals surface area contributed by atoms with Crippen molar-refractivity contribution < 1.29 is 4.79 Å². The van der Waals surface area contributed by atoms with Crippen LogP contribution in [0.1, 0.15) is 31.7 Å². The monoisotopic (exact) mass is 336 g/mol. The lowest BCUT2D eigenvalue weighted by Crippen LogP contribution is -2.39. The topological polar surface area (TPSA) is 56.7 Å². The summed E-state index contributed by atoms with van der Waals surface area (Å²) < 4.78 is 0. The summed E-state index contributed by atoms with van der Waals surface area (Å²) in [4.78, 5) is 18.5. The number of hydrogen-bond donors (Lipinski definition) is 2. The van der Waals surface area contributed by atoms with Gasteiger partial charge in [0.1, 0.15) is 0 Å². The van der Waals surface area contributed by atoms with Crippen LogP contribution in [0.25, 0.3) is 0 Å². The molecule has 1 heterocycles. The maximum Gasteiger partial charge on any atom is 0.224 e. The Morgan fingerprint density at radius 1 is 1.30 bits per heavy atom. The van der Waals surface area contributed by atoms with E-state index in [1.807, 2.05) is 36.1 Å². The van der Waals surface area contributed by atoms with Crippen LogP contribution in [-0.2, 0) is 11.3 Å². The number of hydrogen-bond acceptors (Lipinski definition) is 2. The van der Waals surface area contributed by atoms with Gasteiger partial charge in [0.15, 0.2) is 5.96 Å². The van der Waals surface area contributed by atoms with E-state index in [1.54, 1.807) is 0 Å². The Balaban J connectivity index is 1.80. The van der Waals surface area contributed by atoms with E-state index in [-0.39, 0.29) is 5.91 Å². The van der Waals surface area contributed by atoms with Crippen LogP contribution in [0.4, 0.5) is 0 Å². The Morgan fingerprint density at radius 3 is 2.78 bits per heavy atom. The minimum absolute atomic E-state index is 0.223. The van der Waals surface area contributed by atoms with Crippen LogP contribution in [0.15, 0.2) is 29.3 Å². The number of halogens is 1. The minimum Gasteiger partial charge on any atom is -0.357 e. The van der Waals surface area contributed by atoms with Crippen molar-refractivity contribution in [2.24, 2.45) is 4.99 Å². The zero-order valence-electron chi connectivity index (χ0n) is 13.6. The molecule has 0 bridgehead atoms. The minimum atomic E-state index is 0.223. The fraction of sp³-hybridized carbons (Fsp3) is 0.529. The van der Waals surface area contributed by atoms with Gasteiger partial charge in [0.2, 0.25) is 5.91 Å². The smallest absolute Gasteiger partial charge is 0.224 e. The van der Waals surface area contributed by atoms with E-state index in [4.69, 9.17) is 11.6 Å². The van der Waals surface area contributed by atoms with Gasteiger partial charge in [-0.25, -0.2) is 4.99 Å². The molecule has 0 atom stereocenters. The van der Waals surface area contributed by atoms with Crippen molar-refractivity contribution in [3.8, 4) is 0 Å². The van der Waals surface area contributed by atoms with Gasteiger partial charge in [0.05, 0.1) is 6.54 Å². The summed E-state index contributed by atoms with van der Waals surface area (Å²) in [5.74, 6) is 0.947. The first kappa shape index (κ1) is 17.6. The SMILES string of the molecule is CCNC(=NCc1cccc(Cl)c1)NCCC(=O)N1CCCC1. The second-order valence-corrected chi connectivity index (χ2v) is 6.03. The largest absolute Gasteiger partial charge is 0.357 e. The highest BCUT2D eigenvalue weighted by Crippen LogP contribution is 2.11. The van der Waals surface area contributed by atoms with E-state index in [0.717, 1.165) is 44.0 Å². The van der Waals surface area contributed by atoms with Gasteiger partial charge in [0.25, 0.3) is 0 Å². The molecule has 0 saturated carbocycles. The molecule has 2 rings (SSSR count). The predicted octanol–water partition coefficient (Wildman–Crippen LogP) is 2.41. The van der Waals surface area contributed by atoms with Crippen LogP contribution in [0.3, 0.4) is 0 Å². The van der Waals surface area contributed by atoms with E-state index in [9.17, 15) is 4.79 Å². The molecule has 0 aliphatic carbocycles. The average Bonchev–Trinajstić information content (AvgIpc) is 3.07. The van der Waals surface area contributed by atoms with Crippen molar-refractivity contribution in [1.82, 2.24) is 15.5 Å². The first-order chi connectivity index (χ1) is 11.2. The molecule has 1 aliphatic heterocycles. The van der Waals surface area contributed by atoms with Gasteiger partial charge in [-0.15, -0.1) is 0 Å². The van der Waals surface area contributed by atoms with E-state index < -0.39 is 0 Å². The predicted molar refractivity (Wildman–Crippen MR) is 94.7 cm³/mol. The number of amides is 1. The van der Waals surface area contributed by atoms with Crippen molar-refractivity contribution in [1.29, 1.82) is 0 Å². The summed E-state index contributed by atoms with van der Waals surface area (Å²) in [5, 5.41) is 7.12. The number of nitrogens with zero attached hydrogens (tertiary/aromatic N) is 2. The van der Waals surface area contributed by atoms with E-state index in [2.05, 4.69) is 15.6 Å². The summed E-state index contributed by atoms with van der Waals surface area (Å²) in [5.41, 5.74) is 1.06. The van der Waals surface area contributed by atoms with E-state index in [0.29, 0.717) is 24.5 Å². The quantitative estimate of drug-likeness (QED) is 0.619. The Morgan fingerprint density at radius 2 is 2.09 bits per heavy atom. The molecule has 23 heavy (non-hydrogen) atoms. The van der Waals surface area contributed by atoms with Crippen molar-refractivity contribution in [3.63, 3.8) is 0 Å². The number of guanidine groups is 1. The molecule has 1 aliphatic rings. The van der Waals surface area contributed by atoms with Gasteiger partial charge in [-0.3, -0.25) is 4.79 Å². The number of aliphatic imine (C=N–C) groups is 1. The number of rotatable bonds is 6. The Kier molecular flexibility index (Phi) is 7.20. The number of carbonyl (C=O) groups is 1. The van der Waals surface area contributed by atoms with Crippen LogP contribution in [0.5, 0.6) is 0 Å². The molecular weight excluding hydrogens is 312 g/mol. The molecule has 1 amide bonds. The third kappa shape index (κ3) is 6.10. The van der Waals surface area contributed by atoms with Gasteiger partial charge in [-0.1, -0.05) is 23.7 Å². The van der Waals surface area contributed by atoms with Gasteiger partial charge >= 0.3 is 0 Å². The summed E-state index contributed by atoms with van der Waals surface area (Å²) in [6.07, 6.45) is 2.76. The second kappa shape index (κ2) is 9.40. The summed E-state index contributed by atoms with van der Waals surface area (Å²) in [6.45, 7) is 5.75. The molecule has 1 aromatic carbocycles. The molecule has 126 valence electrons. The molecule has 5 nitrogen and oxygen atoms in total. The van der Waals surface area contributed by atoms with Crippen molar-refractivity contribution in [2.75, 3.05) is 26.2 Å². The third-order valence-corrected chi connectivity index (χ3v) is 3.98. The maximum atomic E-state index is 12.0. The molecular formula is C17H25ClN4O. The molecule has 6 heteroatoms. The summed E-state index contributed by atoms with van der Waals surface area (Å²) in [6, 6.07) is 7.67. The number of benzene rings is 1. The zero-order valence-corrected chi connectivity index (χ0v) is 14.4. The highest BCUT2D eigenvalue weighted by atomic mass is 35.5. The van der Waals surface area contributed by atoms with E-state index in [1.165, 1.54) is 0 Å². The molecule has 1 saturated heterocycles. The van der Waals surface area contributed by atoms with Gasteiger partial charge in [-0.2, -0.15) is 0 Å².